The van der Waals surface area contributed by atoms with Crippen LogP contribution >= 0.6 is 0 Å². The summed E-state index contributed by atoms with van der Waals surface area (Å²) >= 11 is 0. The fourth-order valence-corrected chi connectivity index (χ4v) is 3.88. The zero-order valence-electron chi connectivity index (χ0n) is 17.6. The SMILES string of the molecule is Cc1ccc(C(CC(=O)O)NC(=O)c2ccc(N3C(C)COCC3C)c(N)c2)cc1. The molecule has 4 N–H and O–H groups in total. The molecule has 0 spiro atoms. The number of aliphatic carboxylic acids is 1. The lowest BCUT2D eigenvalue weighted by Crippen LogP contribution is -2.50. The van der Waals surface area contributed by atoms with Gasteiger partial charge in [-0.15, -0.1) is 0 Å². The van der Waals surface area contributed by atoms with Crippen LogP contribution in [0.25, 0.3) is 0 Å². The minimum absolute atomic E-state index is 0.178. The van der Waals surface area contributed by atoms with E-state index in [0.29, 0.717) is 24.5 Å². The average molecular weight is 412 g/mol. The number of nitrogens with one attached hydrogen (secondary N) is 1. The van der Waals surface area contributed by atoms with Crippen molar-refractivity contribution in [1.29, 1.82) is 0 Å². The molecule has 0 saturated carbocycles. The number of hydrogen-bond acceptors (Lipinski definition) is 5. The first kappa shape index (κ1) is 21.6. The zero-order valence-corrected chi connectivity index (χ0v) is 17.6. The average Bonchev–Trinajstić information content (AvgIpc) is 2.68. The summed E-state index contributed by atoms with van der Waals surface area (Å²) in [6, 6.07) is 12.4. The van der Waals surface area contributed by atoms with Crippen molar-refractivity contribution in [2.75, 3.05) is 23.8 Å². The Kier molecular flexibility index (Phi) is 6.62. The van der Waals surface area contributed by atoms with Gasteiger partial charge in [0.2, 0.25) is 0 Å². The minimum Gasteiger partial charge on any atom is -0.481 e. The van der Waals surface area contributed by atoms with Gasteiger partial charge in [0, 0.05) is 17.6 Å². The number of carboxylic acids is 1. The number of anilines is 2. The summed E-state index contributed by atoms with van der Waals surface area (Å²) in [7, 11) is 0. The normalized spacial score (nSPS) is 19.9. The van der Waals surface area contributed by atoms with E-state index in [9.17, 15) is 14.7 Å². The van der Waals surface area contributed by atoms with E-state index < -0.39 is 12.0 Å². The van der Waals surface area contributed by atoms with Crippen molar-refractivity contribution < 1.29 is 19.4 Å². The molecule has 3 rings (SSSR count). The summed E-state index contributed by atoms with van der Waals surface area (Å²) in [6.45, 7) is 7.36. The Morgan fingerprint density at radius 1 is 1.17 bits per heavy atom. The Hall–Kier alpha value is -3.06. The lowest BCUT2D eigenvalue weighted by Gasteiger charge is -2.41. The van der Waals surface area contributed by atoms with Crippen LogP contribution in [0.15, 0.2) is 42.5 Å². The van der Waals surface area contributed by atoms with Crippen molar-refractivity contribution in [1.82, 2.24) is 5.32 Å². The predicted molar refractivity (Wildman–Crippen MR) is 117 cm³/mol. The third-order valence-corrected chi connectivity index (χ3v) is 5.40. The van der Waals surface area contributed by atoms with E-state index in [1.54, 1.807) is 12.1 Å². The summed E-state index contributed by atoms with van der Waals surface area (Å²) in [4.78, 5) is 26.4. The topological polar surface area (TPSA) is 105 Å². The van der Waals surface area contributed by atoms with Crippen LogP contribution < -0.4 is 16.0 Å². The second-order valence-electron chi connectivity index (χ2n) is 7.95. The highest BCUT2D eigenvalue weighted by molar-refractivity contribution is 5.96. The maximum atomic E-state index is 12.9. The first-order valence-electron chi connectivity index (χ1n) is 10.1. The quantitative estimate of drug-likeness (QED) is 0.631. The molecule has 3 atom stereocenters. The third-order valence-electron chi connectivity index (χ3n) is 5.40. The van der Waals surface area contributed by atoms with Crippen molar-refractivity contribution in [3.8, 4) is 0 Å². The Labute approximate surface area is 176 Å². The molecule has 7 nitrogen and oxygen atoms in total. The molecule has 1 aliphatic heterocycles. The summed E-state index contributed by atoms with van der Waals surface area (Å²) in [5, 5.41) is 12.1. The number of ether oxygens (including phenoxy) is 1. The third kappa shape index (κ3) is 4.91. The molecule has 2 aromatic rings. The predicted octanol–water partition coefficient (Wildman–Crippen LogP) is 3.14. The number of aryl methyl sites for hydroxylation is 1. The Morgan fingerprint density at radius 2 is 1.80 bits per heavy atom. The molecular formula is C23H29N3O4. The van der Waals surface area contributed by atoms with Crippen molar-refractivity contribution in [3.05, 3.63) is 59.2 Å². The molecule has 0 bridgehead atoms. The molecule has 7 heteroatoms. The largest absolute Gasteiger partial charge is 0.481 e. The molecule has 1 heterocycles. The number of nitrogens with zero attached hydrogens (tertiary/aromatic N) is 1. The van der Waals surface area contributed by atoms with Gasteiger partial charge in [-0.1, -0.05) is 29.8 Å². The first-order valence-corrected chi connectivity index (χ1v) is 10.1. The lowest BCUT2D eigenvalue weighted by atomic mass is 10.0. The molecule has 1 amide bonds. The van der Waals surface area contributed by atoms with Crippen LogP contribution in [0.4, 0.5) is 11.4 Å². The van der Waals surface area contributed by atoms with E-state index in [1.165, 1.54) is 0 Å². The van der Waals surface area contributed by atoms with E-state index in [0.717, 1.165) is 16.8 Å². The Bertz CT molecular complexity index is 903. The summed E-state index contributed by atoms with van der Waals surface area (Å²) in [6.07, 6.45) is -0.203. The molecule has 0 radical (unpaired) electrons. The summed E-state index contributed by atoms with van der Waals surface area (Å²) in [5.41, 5.74) is 9.88. The lowest BCUT2D eigenvalue weighted by molar-refractivity contribution is -0.137. The Balaban J connectivity index is 1.80. The van der Waals surface area contributed by atoms with E-state index in [-0.39, 0.29) is 24.4 Å². The highest BCUT2D eigenvalue weighted by Gasteiger charge is 2.27. The molecule has 160 valence electrons. The number of hydrogen-bond donors (Lipinski definition) is 3. The molecule has 0 aliphatic carbocycles. The van der Waals surface area contributed by atoms with E-state index in [4.69, 9.17) is 10.5 Å². The molecule has 1 fully saturated rings. The van der Waals surface area contributed by atoms with Gasteiger partial charge in [0.1, 0.15) is 0 Å². The monoisotopic (exact) mass is 411 g/mol. The van der Waals surface area contributed by atoms with E-state index in [2.05, 4.69) is 24.1 Å². The van der Waals surface area contributed by atoms with Crippen molar-refractivity contribution in [2.45, 2.75) is 45.3 Å². The van der Waals surface area contributed by atoms with Gasteiger partial charge < -0.3 is 25.8 Å². The molecule has 3 unspecified atom stereocenters. The van der Waals surface area contributed by atoms with Crippen LogP contribution in [0.2, 0.25) is 0 Å². The van der Waals surface area contributed by atoms with Gasteiger partial charge in [-0.3, -0.25) is 9.59 Å². The number of amides is 1. The summed E-state index contributed by atoms with van der Waals surface area (Å²) < 4.78 is 5.58. The van der Waals surface area contributed by atoms with E-state index >= 15 is 0 Å². The summed E-state index contributed by atoms with van der Waals surface area (Å²) in [5.74, 6) is -1.34. The van der Waals surface area contributed by atoms with Crippen molar-refractivity contribution >= 4 is 23.3 Å². The zero-order chi connectivity index (χ0) is 21.8. The number of nitrogen functional groups attached to an aromatic ring is 1. The number of carbonyl (C=O) groups is 2. The van der Waals surface area contributed by atoms with Gasteiger partial charge in [-0.2, -0.15) is 0 Å². The standard InChI is InChI=1S/C23H29N3O4/c1-14-4-6-17(7-5-14)20(11-22(27)28)25-23(29)18-8-9-21(19(24)10-18)26-15(2)12-30-13-16(26)3/h4-10,15-16,20H,11-13,24H2,1-3H3,(H,25,29)(H,27,28). The molecule has 30 heavy (non-hydrogen) atoms. The molecule has 0 aromatic heterocycles. The first-order chi connectivity index (χ1) is 14.3. The molecule has 2 aromatic carbocycles. The van der Waals surface area contributed by atoms with Crippen LogP contribution in [0, 0.1) is 6.92 Å². The van der Waals surface area contributed by atoms with Crippen LogP contribution in [0.3, 0.4) is 0 Å². The highest BCUT2D eigenvalue weighted by Crippen LogP contribution is 2.30. The number of benzene rings is 2. The highest BCUT2D eigenvalue weighted by atomic mass is 16.5. The van der Waals surface area contributed by atoms with Crippen LogP contribution in [-0.2, 0) is 9.53 Å². The molecule has 1 aliphatic rings. The maximum Gasteiger partial charge on any atom is 0.305 e. The molecule has 1 saturated heterocycles. The van der Waals surface area contributed by atoms with Crippen LogP contribution in [0.1, 0.15) is 47.8 Å². The van der Waals surface area contributed by atoms with Gasteiger partial charge in [0.25, 0.3) is 5.91 Å². The molecular weight excluding hydrogens is 382 g/mol. The smallest absolute Gasteiger partial charge is 0.305 e. The number of rotatable bonds is 6. The van der Waals surface area contributed by atoms with Gasteiger partial charge >= 0.3 is 5.97 Å². The minimum atomic E-state index is -0.981. The van der Waals surface area contributed by atoms with Gasteiger partial charge in [0.15, 0.2) is 0 Å². The number of carboxylic acid groups (broad SMARTS) is 1. The van der Waals surface area contributed by atoms with Gasteiger partial charge in [-0.25, -0.2) is 0 Å². The van der Waals surface area contributed by atoms with Crippen molar-refractivity contribution in [2.24, 2.45) is 0 Å². The van der Waals surface area contributed by atoms with Gasteiger partial charge in [0.05, 0.1) is 37.1 Å². The van der Waals surface area contributed by atoms with Crippen LogP contribution in [0.5, 0.6) is 0 Å². The number of morpholine rings is 1. The van der Waals surface area contributed by atoms with Crippen molar-refractivity contribution in [3.63, 3.8) is 0 Å². The number of nitrogens with two attached hydrogens (primary N) is 1. The fourth-order valence-electron chi connectivity index (χ4n) is 3.88. The van der Waals surface area contributed by atoms with E-state index in [1.807, 2.05) is 37.3 Å². The second-order valence-corrected chi connectivity index (χ2v) is 7.95. The Morgan fingerprint density at radius 3 is 2.37 bits per heavy atom. The maximum absolute atomic E-state index is 12.9. The number of carbonyl (C=O) groups excluding carboxylic acids is 1. The fraction of sp³-hybridized carbons (Fsp3) is 0.391. The van der Waals surface area contributed by atoms with Gasteiger partial charge in [-0.05, 0) is 44.5 Å². The van der Waals surface area contributed by atoms with Crippen LogP contribution in [-0.4, -0.2) is 42.3 Å². The second kappa shape index (κ2) is 9.17.